The summed E-state index contributed by atoms with van der Waals surface area (Å²) in [4.78, 5) is 20.9. The van der Waals surface area contributed by atoms with Crippen LogP contribution in [0.4, 0.5) is 0 Å². The number of rotatable bonds is 5. The van der Waals surface area contributed by atoms with Crippen LogP contribution in [0.5, 0.6) is 5.75 Å². The minimum atomic E-state index is 0.0990. The summed E-state index contributed by atoms with van der Waals surface area (Å²) in [5.74, 6) is 0.868. The summed E-state index contributed by atoms with van der Waals surface area (Å²) in [5.41, 5.74) is 0.720. The highest BCUT2D eigenvalue weighted by Crippen LogP contribution is 2.14. The molecule has 0 saturated carbocycles. The Morgan fingerprint density at radius 3 is 2.48 bits per heavy atom. The van der Waals surface area contributed by atoms with Gasteiger partial charge in [-0.25, -0.2) is 4.98 Å². The molecule has 0 bridgehead atoms. The minimum absolute atomic E-state index is 0.0990. The molecule has 1 amide bonds. The van der Waals surface area contributed by atoms with E-state index in [-0.39, 0.29) is 5.91 Å². The highest BCUT2D eigenvalue weighted by Gasteiger charge is 2.21. The van der Waals surface area contributed by atoms with Gasteiger partial charge in [0, 0.05) is 57.2 Å². The highest BCUT2D eigenvalue weighted by atomic mass is 16.5. The lowest BCUT2D eigenvalue weighted by Crippen LogP contribution is -2.49. The number of piperazine rings is 1. The Hall–Kier alpha value is -2.34. The number of amides is 1. The van der Waals surface area contributed by atoms with Crippen molar-refractivity contribution in [3.8, 4) is 5.75 Å². The monoisotopic (exact) mass is 314 g/mol. The zero-order chi connectivity index (χ0) is 16.1. The van der Waals surface area contributed by atoms with Crippen molar-refractivity contribution in [1.29, 1.82) is 0 Å². The topological polar surface area (TPSA) is 50.6 Å². The number of nitrogens with zero attached hydrogens (tertiary/aromatic N) is 4. The largest absolute Gasteiger partial charge is 0.497 e. The molecular formula is C17H22N4O2. The van der Waals surface area contributed by atoms with E-state index in [0.717, 1.165) is 50.6 Å². The predicted octanol–water partition coefficient (Wildman–Crippen LogP) is 1.35. The van der Waals surface area contributed by atoms with Crippen LogP contribution >= 0.6 is 0 Å². The second kappa shape index (κ2) is 7.28. The molecule has 0 unspecified atom stereocenters. The Bertz CT molecular complexity index is 617. The van der Waals surface area contributed by atoms with Crippen molar-refractivity contribution >= 4 is 5.91 Å². The molecule has 1 fully saturated rings. The first kappa shape index (κ1) is 15.6. The number of carbonyl (C=O) groups is 1. The number of imidazole rings is 1. The van der Waals surface area contributed by atoms with Gasteiger partial charge in [-0.15, -0.1) is 0 Å². The average molecular weight is 314 g/mol. The first-order chi connectivity index (χ1) is 11.3. The van der Waals surface area contributed by atoms with Crippen LogP contribution in [0.25, 0.3) is 0 Å². The Labute approximate surface area is 136 Å². The molecule has 1 aromatic carbocycles. The van der Waals surface area contributed by atoms with Gasteiger partial charge in [0.05, 0.1) is 13.4 Å². The summed E-state index contributed by atoms with van der Waals surface area (Å²) in [7, 11) is 1.62. The lowest BCUT2D eigenvalue weighted by molar-refractivity contribution is 0.0633. The maximum atomic E-state index is 12.5. The summed E-state index contributed by atoms with van der Waals surface area (Å²) in [6.45, 7) is 5.30. The zero-order valence-corrected chi connectivity index (χ0v) is 13.4. The van der Waals surface area contributed by atoms with Crippen LogP contribution in [0.3, 0.4) is 0 Å². The Kier molecular flexibility index (Phi) is 4.92. The molecule has 0 aliphatic carbocycles. The van der Waals surface area contributed by atoms with Gasteiger partial charge >= 0.3 is 0 Å². The smallest absolute Gasteiger partial charge is 0.253 e. The van der Waals surface area contributed by atoms with Gasteiger partial charge < -0.3 is 14.2 Å². The highest BCUT2D eigenvalue weighted by molar-refractivity contribution is 5.94. The van der Waals surface area contributed by atoms with Crippen molar-refractivity contribution in [2.75, 3.05) is 39.8 Å². The number of benzene rings is 1. The fraction of sp³-hybridized carbons (Fsp3) is 0.412. The molecule has 1 aliphatic heterocycles. The number of hydrogen-bond donors (Lipinski definition) is 0. The number of carbonyl (C=O) groups excluding carboxylic acids is 1. The van der Waals surface area contributed by atoms with Crippen LogP contribution < -0.4 is 4.74 Å². The van der Waals surface area contributed by atoms with Crippen LogP contribution in [0.15, 0.2) is 43.0 Å². The summed E-state index contributed by atoms with van der Waals surface area (Å²) < 4.78 is 7.21. The van der Waals surface area contributed by atoms with E-state index in [1.165, 1.54) is 0 Å². The van der Waals surface area contributed by atoms with Crippen molar-refractivity contribution in [1.82, 2.24) is 19.4 Å². The normalized spacial score (nSPS) is 15.6. The van der Waals surface area contributed by atoms with Crippen molar-refractivity contribution < 1.29 is 9.53 Å². The van der Waals surface area contributed by atoms with Gasteiger partial charge in [-0.05, 0) is 24.3 Å². The maximum absolute atomic E-state index is 12.5. The van der Waals surface area contributed by atoms with Gasteiger partial charge in [0.2, 0.25) is 0 Å². The van der Waals surface area contributed by atoms with Crippen LogP contribution in [-0.2, 0) is 6.54 Å². The lowest BCUT2D eigenvalue weighted by Gasteiger charge is -2.34. The average Bonchev–Trinajstić information content (AvgIpc) is 3.13. The summed E-state index contributed by atoms with van der Waals surface area (Å²) in [6, 6.07) is 7.31. The van der Waals surface area contributed by atoms with E-state index in [1.54, 1.807) is 13.3 Å². The van der Waals surface area contributed by atoms with Gasteiger partial charge in [0.15, 0.2) is 0 Å². The van der Waals surface area contributed by atoms with Crippen molar-refractivity contribution in [3.63, 3.8) is 0 Å². The predicted molar refractivity (Wildman–Crippen MR) is 87.6 cm³/mol. The lowest BCUT2D eigenvalue weighted by atomic mass is 10.1. The Morgan fingerprint density at radius 1 is 1.13 bits per heavy atom. The molecular weight excluding hydrogens is 292 g/mol. The second-order valence-electron chi connectivity index (χ2n) is 5.66. The molecule has 122 valence electrons. The van der Waals surface area contributed by atoms with E-state index < -0.39 is 0 Å². The third kappa shape index (κ3) is 3.90. The minimum Gasteiger partial charge on any atom is -0.497 e. The molecule has 3 rings (SSSR count). The van der Waals surface area contributed by atoms with Gasteiger partial charge in [0.25, 0.3) is 5.91 Å². The summed E-state index contributed by atoms with van der Waals surface area (Å²) >= 11 is 0. The molecule has 1 saturated heterocycles. The molecule has 2 heterocycles. The number of hydrogen-bond acceptors (Lipinski definition) is 4. The van der Waals surface area contributed by atoms with Crippen LogP contribution in [0.2, 0.25) is 0 Å². The van der Waals surface area contributed by atoms with E-state index >= 15 is 0 Å². The molecule has 6 heteroatoms. The third-order valence-corrected chi connectivity index (χ3v) is 4.23. The SMILES string of the molecule is COc1ccc(C(=O)N2CCN(CCn3ccnc3)CC2)cc1. The quantitative estimate of drug-likeness (QED) is 0.836. The molecule has 0 spiro atoms. The molecule has 1 aromatic heterocycles. The van der Waals surface area contributed by atoms with E-state index in [0.29, 0.717) is 0 Å². The summed E-state index contributed by atoms with van der Waals surface area (Å²) in [5, 5.41) is 0. The van der Waals surface area contributed by atoms with Crippen molar-refractivity contribution in [2.45, 2.75) is 6.54 Å². The molecule has 23 heavy (non-hydrogen) atoms. The van der Waals surface area contributed by atoms with Gasteiger partial charge in [-0.3, -0.25) is 9.69 Å². The Morgan fingerprint density at radius 2 is 1.87 bits per heavy atom. The molecule has 0 radical (unpaired) electrons. The number of methoxy groups -OCH3 is 1. The maximum Gasteiger partial charge on any atom is 0.253 e. The molecule has 1 aliphatic rings. The molecule has 6 nitrogen and oxygen atoms in total. The van der Waals surface area contributed by atoms with Gasteiger partial charge in [0.1, 0.15) is 5.75 Å². The fourth-order valence-corrected chi connectivity index (χ4v) is 2.77. The molecule has 0 atom stereocenters. The second-order valence-corrected chi connectivity index (χ2v) is 5.66. The standard InChI is InChI=1S/C17H22N4O2/c1-23-16-4-2-15(3-5-16)17(22)21-12-10-19(11-13-21)8-9-20-7-6-18-14-20/h2-7,14H,8-13H2,1H3. The van der Waals surface area contributed by atoms with Crippen molar-refractivity contribution in [3.05, 3.63) is 48.5 Å². The fourth-order valence-electron chi connectivity index (χ4n) is 2.77. The third-order valence-electron chi connectivity index (χ3n) is 4.23. The summed E-state index contributed by atoms with van der Waals surface area (Å²) in [6.07, 6.45) is 5.61. The van der Waals surface area contributed by atoms with E-state index in [1.807, 2.05) is 41.7 Å². The number of aromatic nitrogens is 2. The Balaban J connectivity index is 1.48. The van der Waals surface area contributed by atoms with Crippen molar-refractivity contribution in [2.24, 2.45) is 0 Å². The zero-order valence-electron chi connectivity index (χ0n) is 13.4. The van der Waals surface area contributed by atoms with Gasteiger partial charge in [-0.1, -0.05) is 0 Å². The van der Waals surface area contributed by atoms with Crippen LogP contribution in [0, 0.1) is 0 Å². The van der Waals surface area contributed by atoms with E-state index in [9.17, 15) is 4.79 Å². The molecule has 0 N–H and O–H groups in total. The van der Waals surface area contributed by atoms with E-state index in [4.69, 9.17) is 4.74 Å². The molecule has 2 aromatic rings. The van der Waals surface area contributed by atoms with Gasteiger partial charge in [-0.2, -0.15) is 0 Å². The van der Waals surface area contributed by atoms with E-state index in [2.05, 4.69) is 14.5 Å². The number of ether oxygens (including phenoxy) is 1. The first-order valence-electron chi connectivity index (χ1n) is 7.87. The van der Waals surface area contributed by atoms with Crippen LogP contribution in [-0.4, -0.2) is 65.1 Å². The van der Waals surface area contributed by atoms with Crippen LogP contribution in [0.1, 0.15) is 10.4 Å². The first-order valence-corrected chi connectivity index (χ1v) is 7.87.